The van der Waals surface area contributed by atoms with E-state index in [2.05, 4.69) is 15.5 Å². The van der Waals surface area contributed by atoms with Gasteiger partial charge in [-0.1, -0.05) is 11.8 Å². The second-order valence-corrected chi connectivity index (χ2v) is 4.95. The Morgan fingerprint density at radius 2 is 2.24 bits per heavy atom. The molecule has 1 aliphatic heterocycles. The van der Waals surface area contributed by atoms with Crippen LogP contribution >= 0.6 is 11.8 Å². The molecular weight excluding hydrogens is 294 g/mol. The van der Waals surface area contributed by atoms with Crippen molar-refractivity contribution in [3.8, 4) is 11.5 Å². The first kappa shape index (κ1) is 15.0. The second-order valence-electron chi connectivity index (χ2n) is 3.99. The van der Waals surface area contributed by atoms with Gasteiger partial charge in [0.1, 0.15) is 0 Å². The number of esters is 1. The molecule has 0 unspecified atom stereocenters. The third kappa shape index (κ3) is 4.32. The molecule has 2 rings (SSSR count). The van der Waals surface area contributed by atoms with E-state index in [0.717, 1.165) is 5.56 Å². The van der Waals surface area contributed by atoms with Gasteiger partial charge in [-0.25, -0.2) is 0 Å². The van der Waals surface area contributed by atoms with Crippen molar-refractivity contribution in [2.45, 2.75) is 6.92 Å². The number of methoxy groups -OCH3 is 1. The predicted molar refractivity (Wildman–Crippen MR) is 79.9 cm³/mol. The standard InChI is InChI=1S/C13H13N3O4S/c1-8(17)20-10-4-3-9(5-11(10)19-2)6-14-16-13-15-12(18)7-21-13/h3-6H,7H2,1-2H3,(H,15,16,18). The Morgan fingerprint density at radius 1 is 1.43 bits per heavy atom. The summed E-state index contributed by atoms with van der Waals surface area (Å²) in [5, 5.41) is 10.8. The summed E-state index contributed by atoms with van der Waals surface area (Å²) in [6.07, 6.45) is 1.51. The third-order valence-electron chi connectivity index (χ3n) is 2.38. The lowest BCUT2D eigenvalue weighted by atomic mass is 10.2. The van der Waals surface area contributed by atoms with Crippen LogP contribution in [0, 0.1) is 0 Å². The Kier molecular flexibility index (Phi) is 4.94. The van der Waals surface area contributed by atoms with Gasteiger partial charge in [0.15, 0.2) is 16.7 Å². The number of carbonyl (C=O) groups excluding carboxylic acids is 2. The van der Waals surface area contributed by atoms with Gasteiger partial charge in [0.2, 0.25) is 5.91 Å². The summed E-state index contributed by atoms with van der Waals surface area (Å²) >= 11 is 1.30. The Hall–Kier alpha value is -2.35. The number of rotatable bonds is 4. The molecule has 110 valence electrons. The second kappa shape index (κ2) is 6.89. The molecule has 1 amide bonds. The number of nitrogens with zero attached hydrogens (tertiary/aromatic N) is 2. The van der Waals surface area contributed by atoms with Crippen molar-refractivity contribution in [1.29, 1.82) is 0 Å². The molecule has 0 atom stereocenters. The van der Waals surface area contributed by atoms with E-state index in [1.165, 1.54) is 32.0 Å². The van der Waals surface area contributed by atoms with Gasteiger partial charge < -0.3 is 14.8 Å². The molecule has 0 aliphatic carbocycles. The maximum absolute atomic E-state index is 11.0. The summed E-state index contributed by atoms with van der Waals surface area (Å²) in [6.45, 7) is 1.32. The third-order valence-corrected chi connectivity index (χ3v) is 3.25. The summed E-state index contributed by atoms with van der Waals surface area (Å²) in [4.78, 5) is 21.9. The Labute approximate surface area is 125 Å². The highest BCUT2D eigenvalue weighted by atomic mass is 32.2. The maximum atomic E-state index is 11.0. The van der Waals surface area contributed by atoms with Gasteiger partial charge in [0.05, 0.1) is 19.1 Å². The van der Waals surface area contributed by atoms with Gasteiger partial charge >= 0.3 is 5.97 Å². The van der Waals surface area contributed by atoms with Gasteiger partial charge in [0, 0.05) is 6.92 Å². The summed E-state index contributed by atoms with van der Waals surface area (Å²) < 4.78 is 10.1. The number of nitrogens with one attached hydrogen (secondary N) is 1. The topological polar surface area (TPSA) is 89.3 Å². The zero-order valence-electron chi connectivity index (χ0n) is 11.5. The molecule has 1 fully saturated rings. The van der Waals surface area contributed by atoms with Crippen LogP contribution in [-0.2, 0) is 9.59 Å². The van der Waals surface area contributed by atoms with E-state index in [1.54, 1.807) is 18.2 Å². The highest BCUT2D eigenvalue weighted by Crippen LogP contribution is 2.27. The van der Waals surface area contributed by atoms with Gasteiger partial charge in [-0.15, -0.1) is 5.10 Å². The number of amidine groups is 1. The van der Waals surface area contributed by atoms with E-state index < -0.39 is 5.97 Å². The van der Waals surface area contributed by atoms with Crippen LogP contribution in [0.3, 0.4) is 0 Å². The first-order chi connectivity index (χ1) is 10.1. The quantitative estimate of drug-likeness (QED) is 0.390. The Morgan fingerprint density at radius 3 is 2.86 bits per heavy atom. The van der Waals surface area contributed by atoms with E-state index in [1.807, 2.05) is 0 Å². The van der Waals surface area contributed by atoms with Crippen LogP contribution in [0.25, 0.3) is 0 Å². The molecule has 0 bridgehead atoms. The first-order valence-electron chi connectivity index (χ1n) is 5.98. The maximum Gasteiger partial charge on any atom is 0.308 e. The van der Waals surface area contributed by atoms with E-state index in [4.69, 9.17) is 9.47 Å². The van der Waals surface area contributed by atoms with Gasteiger partial charge in [-0.05, 0) is 23.8 Å². The van der Waals surface area contributed by atoms with Crippen molar-refractivity contribution in [1.82, 2.24) is 5.32 Å². The number of ether oxygens (including phenoxy) is 2. The van der Waals surface area contributed by atoms with Crippen LogP contribution in [0.15, 0.2) is 28.4 Å². The summed E-state index contributed by atoms with van der Waals surface area (Å²) in [5.41, 5.74) is 0.724. The number of hydrogen-bond donors (Lipinski definition) is 1. The summed E-state index contributed by atoms with van der Waals surface area (Å²) in [5.74, 6) is 0.619. The highest BCUT2D eigenvalue weighted by molar-refractivity contribution is 8.15. The van der Waals surface area contributed by atoms with Gasteiger partial charge in [0.25, 0.3) is 0 Å². The lowest BCUT2D eigenvalue weighted by molar-refractivity contribution is -0.132. The van der Waals surface area contributed by atoms with Crippen molar-refractivity contribution in [2.24, 2.45) is 10.2 Å². The van der Waals surface area contributed by atoms with Crippen LogP contribution in [0.2, 0.25) is 0 Å². The molecular formula is C13H13N3O4S. The average Bonchev–Trinajstić information content (AvgIpc) is 2.85. The number of hydrogen-bond acceptors (Lipinski definition) is 7. The minimum Gasteiger partial charge on any atom is -0.493 e. The first-order valence-corrected chi connectivity index (χ1v) is 6.97. The number of amides is 1. The smallest absolute Gasteiger partial charge is 0.308 e. The van der Waals surface area contributed by atoms with E-state index in [0.29, 0.717) is 22.4 Å². The fourth-order valence-electron chi connectivity index (χ4n) is 1.53. The Bertz CT molecular complexity index is 628. The lowest BCUT2D eigenvalue weighted by Gasteiger charge is -2.07. The van der Waals surface area contributed by atoms with Gasteiger partial charge in [-0.3, -0.25) is 9.59 Å². The fourth-order valence-corrected chi connectivity index (χ4v) is 2.16. The molecule has 1 N–H and O–H groups in total. The molecule has 1 aliphatic rings. The summed E-state index contributed by atoms with van der Waals surface area (Å²) in [7, 11) is 1.48. The predicted octanol–water partition coefficient (Wildman–Crippen LogP) is 1.17. The minimum absolute atomic E-state index is 0.0821. The van der Waals surface area contributed by atoms with Crippen LogP contribution < -0.4 is 14.8 Å². The molecule has 7 nitrogen and oxygen atoms in total. The normalized spacial score (nSPS) is 16.3. The highest BCUT2D eigenvalue weighted by Gasteiger charge is 2.15. The van der Waals surface area contributed by atoms with Gasteiger partial charge in [-0.2, -0.15) is 5.10 Å². The summed E-state index contributed by atoms with van der Waals surface area (Å²) in [6, 6.07) is 4.99. The van der Waals surface area contributed by atoms with Crippen molar-refractivity contribution >= 4 is 35.0 Å². The van der Waals surface area contributed by atoms with Crippen LogP contribution in [-0.4, -0.2) is 36.1 Å². The van der Waals surface area contributed by atoms with E-state index >= 15 is 0 Å². The number of benzene rings is 1. The molecule has 0 spiro atoms. The Balaban J connectivity index is 2.10. The molecule has 1 aromatic rings. The number of carbonyl (C=O) groups is 2. The molecule has 1 aromatic carbocycles. The van der Waals surface area contributed by atoms with Crippen molar-refractivity contribution in [3.63, 3.8) is 0 Å². The SMILES string of the molecule is COc1cc(C=NN=C2NC(=O)CS2)ccc1OC(C)=O. The van der Waals surface area contributed by atoms with Crippen molar-refractivity contribution in [3.05, 3.63) is 23.8 Å². The monoisotopic (exact) mass is 307 g/mol. The minimum atomic E-state index is -0.421. The van der Waals surface area contributed by atoms with E-state index in [9.17, 15) is 9.59 Å². The molecule has 21 heavy (non-hydrogen) atoms. The molecule has 0 aromatic heterocycles. The van der Waals surface area contributed by atoms with Crippen LogP contribution in [0.4, 0.5) is 0 Å². The fraction of sp³-hybridized carbons (Fsp3) is 0.231. The molecule has 0 radical (unpaired) electrons. The zero-order chi connectivity index (χ0) is 15.2. The van der Waals surface area contributed by atoms with E-state index in [-0.39, 0.29) is 5.91 Å². The lowest BCUT2D eigenvalue weighted by Crippen LogP contribution is -2.19. The average molecular weight is 307 g/mol. The largest absolute Gasteiger partial charge is 0.493 e. The van der Waals surface area contributed by atoms with Crippen LogP contribution in [0.1, 0.15) is 12.5 Å². The zero-order valence-corrected chi connectivity index (χ0v) is 12.3. The molecule has 0 saturated carbocycles. The van der Waals surface area contributed by atoms with Crippen molar-refractivity contribution in [2.75, 3.05) is 12.9 Å². The molecule has 1 saturated heterocycles. The number of thioether (sulfide) groups is 1. The molecule has 8 heteroatoms. The molecule has 1 heterocycles. The van der Waals surface area contributed by atoms with Crippen LogP contribution in [0.5, 0.6) is 11.5 Å². The van der Waals surface area contributed by atoms with Crippen molar-refractivity contribution < 1.29 is 19.1 Å².